The smallest absolute Gasteiger partial charge is 0.314 e. The number of fused-ring (bicyclic) bond motifs is 5. The first-order chi connectivity index (χ1) is 24.5. The van der Waals surface area contributed by atoms with Gasteiger partial charge in [-0.1, -0.05) is 69.3 Å². The van der Waals surface area contributed by atoms with Gasteiger partial charge in [-0.2, -0.15) is 13.2 Å². The van der Waals surface area contributed by atoms with Gasteiger partial charge in [0, 0.05) is 37.8 Å². The molecule has 0 saturated carbocycles. The van der Waals surface area contributed by atoms with Crippen LogP contribution in [0.15, 0.2) is 128 Å². The van der Waals surface area contributed by atoms with Crippen LogP contribution in [0.1, 0.15) is 31.9 Å². The Labute approximate surface area is 319 Å². The normalized spacial score (nSPS) is 12.0. The van der Waals surface area contributed by atoms with Crippen molar-refractivity contribution in [2.75, 3.05) is 4.90 Å². The van der Waals surface area contributed by atoms with Crippen LogP contribution in [-0.2, 0) is 33.7 Å². The Morgan fingerprint density at radius 2 is 1.50 bits per heavy atom. The van der Waals surface area contributed by atoms with Crippen molar-refractivity contribution in [3.63, 3.8) is 0 Å². The number of anilines is 3. The molecule has 0 bridgehead atoms. The molecule has 8 rings (SSSR count). The van der Waals surface area contributed by atoms with Gasteiger partial charge in [0.25, 0.3) is 0 Å². The largest absolute Gasteiger partial charge is 2.00 e. The van der Waals surface area contributed by atoms with Crippen LogP contribution in [0.3, 0.4) is 0 Å². The molecule has 8 aromatic rings. The van der Waals surface area contributed by atoms with Crippen LogP contribution >= 0.6 is 11.3 Å². The van der Waals surface area contributed by atoms with Crippen molar-refractivity contribution >= 4 is 59.5 Å². The first kappa shape index (κ1) is 35.6. The molecule has 3 nitrogen and oxygen atoms in total. The summed E-state index contributed by atoms with van der Waals surface area (Å²) >= 11 is 1.36. The summed E-state index contributed by atoms with van der Waals surface area (Å²) in [6.45, 7) is 6.11. The van der Waals surface area contributed by atoms with Crippen LogP contribution < -0.4 is 4.90 Å². The van der Waals surface area contributed by atoms with Crippen molar-refractivity contribution < 1.29 is 34.2 Å². The Morgan fingerprint density at radius 3 is 2.25 bits per heavy atom. The zero-order valence-electron chi connectivity index (χ0n) is 28.5. The molecule has 0 fully saturated rings. The van der Waals surface area contributed by atoms with Gasteiger partial charge in [0.2, 0.25) is 0 Å². The Bertz CT molecular complexity index is 2540. The fraction of sp³-hybridized carbons (Fsp3) is 0.136. The van der Waals surface area contributed by atoms with E-state index in [1.165, 1.54) is 17.4 Å². The van der Waals surface area contributed by atoms with Gasteiger partial charge >= 0.3 is 27.2 Å². The zero-order chi connectivity index (χ0) is 35.3. The Hall–Kier alpha value is -4.84. The molecule has 260 valence electrons. The number of halogens is 3. The number of hydrogen-bond donors (Lipinski definition) is 0. The topological polar surface area (TPSA) is 29.0 Å². The van der Waals surface area contributed by atoms with Gasteiger partial charge in [-0.15, -0.1) is 77.1 Å². The third-order valence-electron chi connectivity index (χ3n) is 8.81. The Kier molecular flexibility index (Phi) is 9.54. The van der Waals surface area contributed by atoms with E-state index < -0.39 is 11.7 Å². The number of para-hydroxylation sites is 1. The molecule has 0 aliphatic rings. The molecule has 0 unspecified atom stereocenters. The second-order valence-corrected chi connectivity index (χ2v) is 14.9. The number of nitrogens with zero attached hydrogens (tertiary/aromatic N) is 3. The van der Waals surface area contributed by atoms with E-state index in [9.17, 15) is 13.2 Å². The fourth-order valence-corrected chi connectivity index (χ4v) is 8.13. The fourth-order valence-electron chi connectivity index (χ4n) is 6.76. The SMILES string of the molecule is CC(C)(C)Cc1cc(C(F)(F)F)c2c(ccc3c4ccnc(-c5[c-]c(N(c6ccccc6)c6cccc(-c7[c-]cccc7)n6)ccc5)c4sc32)c1.[Pt+2]. The molecule has 8 heteroatoms. The molecule has 0 radical (unpaired) electrons. The van der Waals surface area contributed by atoms with Gasteiger partial charge in [-0.05, 0) is 69.9 Å². The first-order valence-electron chi connectivity index (χ1n) is 16.7. The van der Waals surface area contributed by atoms with E-state index in [2.05, 4.69) is 12.1 Å². The summed E-state index contributed by atoms with van der Waals surface area (Å²) in [4.78, 5) is 11.9. The van der Waals surface area contributed by atoms with Gasteiger partial charge in [-0.25, -0.2) is 0 Å². The van der Waals surface area contributed by atoms with Gasteiger partial charge in [0.1, 0.15) is 5.82 Å². The third kappa shape index (κ3) is 6.88. The summed E-state index contributed by atoms with van der Waals surface area (Å²) in [5.74, 6) is 0.703. The third-order valence-corrected chi connectivity index (χ3v) is 10.1. The molecule has 0 aliphatic carbocycles. The number of thiophene rings is 1. The van der Waals surface area contributed by atoms with E-state index in [0.29, 0.717) is 33.6 Å². The Morgan fingerprint density at radius 1 is 0.750 bits per heavy atom. The standard InChI is InChI=1S/C44H32F3N3S.Pt/c1-43(2,3)27-28-24-30-20-21-34-35-22-23-48-40(42(35)51-41(34)39(30)36(25-28)44(45,46)47)31-14-10-17-33(26-31)50(32-15-8-5-9-16-32)38-19-11-18-37(49-38)29-12-6-4-7-13-29;/h4-12,14-25H,27H2,1-3H3;/q-2;+2. The molecule has 5 aromatic carbocycles. The number of alkyl halides is 3. The van der Waals surface area contributed by atoms with E-state index in [1.54, 1.807) is 6.20 Å². The monoisotopic (exact) mass is 886 g/mol. The average molecular weight is 887 g/mol. The minimum atomic E-state index is -4.51. The number of benzene rings is 5. The van der Waals surface area contributed by atoms with Crippen molar-refractivity contribution in [1.82, 2.24) is 9.97 Å². The van der Waals surface area contributed by atoms with Crippen molar-refractivity contribution in [3.8, 4) is 22.5 Å². The average Bonchev–Trinajstić information content (AvgIpc) is 3.51. The summed E-state index contributed by atoms with van der Waals surface area (Å²) in [7, 11) is 0. The second-order valence-electron chi connectivity index (χ2n) is 13.8. The van der Waals surface area contributed by atoms with Crippen LogP contribution in [0, 0.1) is 17.5 Å². The second kappa shape index (κ2) is 13.9. The molecule has 3 aromatic heterocycles. The predicted molar refractivity (Wildman–Crippen MR) is 204 cm³/mol. The minimum Gasteiger partial charge on any atom is -0.314 e. The molecule has 0 amide bonds. The first-order valence-corrected chi connectivity index (χ1v) is 17.5. The molecule has 0 atom stereocenters. The zero-order valence-corrected chi connectivity index (χ0v) is 31.6. The summed E-state index contributed by atoms with van der Waals surface area (Å²) in [6.07, 6.45) is -2.24. The van der Waals surface area contributed by atoms with Crippen LogP contribution in [-0.4, -0.2) is 9.97 Å². The molecular weight excluding hydrogens is 855 g/mol. The van der Waals surface area contributed by atoms with Crippen LogP contribution in [0.5, 0.6) is 0 Å². The number of rotatable bonds is 6. The van der Waals surface area contributed by atoms with E-state index in [0.717, 1.165) is 43.7 Å². The van der Waals surface area contributed by atoms with E-state index in [4.69, 9.17) is 9.97 Å². The number of pyridine rings is 2. The molecule has 52 heavy (non-hydrogen) atoms. The van der Waals surface area contributed by atoms with Crippen LogP contribution in [0.4, 0.5) is 30.4 Å². The maximum Gasteiger partial charge on any atom is 2.00 e. The number of aromatic nitrogens is 2. The summed E-state index contributed by atoms with van der Waals surface area (Å²) in [5, 5.41) is 2.47. The molecule has 0 saturated heterocycles. The van der Waals surface area contributed by atoms with E-state index in [-0.39, 0.29) is 31.9 Å². The Balaban J connectivity index is 0.00000420. The molecule has 0 N–H and O–H groups in total. The molecule has 0 aliphatic heterocycles. The molecule has 3 heterocycles. The predicted octanol–water partition coefficient (Wildman–Crippen LogP) is 13.0. The van der Waals surface area contributed by atoms with Gasteiger partial charge in [0.05, 0.1) is 5.56 Å². The molecular formula is C44H32F3N3PtS. The van der Waals surface area contributed by atoms with Gasteiger partial charge in [0.15, 0.2) is 0 Å². The van der Waals surface area contributed by atoms with Crippen LogP contribution in [0.2, 0.25) is 0 Å². The molecule has 0 spiro atoms. The quantitative estimate of drug-likeness (QED) is 0.156. The maximum atomic E-state index is 14.8. The maximum absolute atomic E-state index is 14.8. The minimum absolute atomic E-state index is 0. The van der Waals surface area contributed by atoms with E-state index in [1.807, 2.05) is 141 Å². The van der Waals surface area contributed by atoms with Crippen molar-refractivity contribution in [2.45, 2.75) is 33.4 Å². The van der Waals surface area contributed by atoms with Crippen molar-refractivity contribution in [1.29, 1.82) is 0 Å². The van der Waals surface area contributed by atoms with Crippen molar-refractivity contribution in [3.05, 3.63) is 151 Å². The van der Waals surface area contributed by atoms with Crippen LogP contribution in [0.25, 0.3) is 53.5 Å². The van der Waals surface area contributed by atoms with Gasteiger partial charge < -0.3 is 9.88 Å². The van der Waals surface area contributed by atoms with E-state index >= 15 is 0 Å². The summed E-state index contributed by atoms with van der Waals surface area (Å²) in [5.41, 5.74) is 4.65. The summed E-state index contributed by atoms with van der Waals surface area (Å²) in [6, 6.07) is 45.2. The van der Waals surface area contributed by atoms with Gasteiger partial charge in [-0.3, -0.25) is 4.98 Å². The summed E-state index contributed by atoms with van der Waals surface area (Å²) < 4.78 is 45.7. The van der Waals surface area contributed by atoms with Crippen molar-refractivity contribution in [2.24, 2.45) is 5.41 Å². The number of hydrogen-bond acceptors (Lipinski definition) is 4.